The second-order valence-electron chi connectivity index (χ2n) is 5.06. The van der Waals surface area contributed by atoms with Gasteiger partial charge >= 0.3 is 0 Å². The van der Waals surface area contributed by atoms with E-state index in [1.165, 1.54) is 32.1 Å². The summed E-state index contributed by atoms with van der Waals surface area (Å²) in [5, 5.41) is 12.6. The summed E-state index contributed by atoms with van der Waals surface area (Å²) in [5.74, 6) is 0. The molecule has 0 spiro atoms. The van der Waals surface area contributed by atoms with Crippen molar-refractivity contribution in [3.8, 4) is 6.07 Å². The molecule has 0 aromatic heterocycles. The van der Waals surface area contributed by atoms with E-state index in [1.807, 2.05) is 25.1 Å². The fourth-order valence-electron chi connectivity index (χ4n) is 2.09. The molecule has 1 unspecified atom stereocenters. The Labute approximate surface area is 111 Å². The lowest BCUT2D eigenvalue weighted by Crippen LogP contribution is -2.15. The van der Waals surface area contributed by atoms with Crippen molar-refractivity contribution in [1.29, 1.82) is 5.26 Å². The van der Waals surface area contributed by atoms with Gasteiger partial charge in [-0.15, -0.1) is 0 Å². The number of unbranched alkanes of at least 4 members (excludes halogenated alkanes) is 3. The summed E-state index contributed by atoms with van der Waals surface area (Å²) in [6.45, 7) is 6.43. The van der Waals surface area contributed by atoms with Crippen LogP contribution in [0.5, 0.6) is 0 Å². The van der Waals surface area contributed by atoms with E-state index in [1.54, 1.807) is 0 Å². The first-order valence-corrected chi connectivity index (χ1v) is 6.94. The monoisotopic (exact) mass is 244 g/mol. The first kappa shape index (κ1) is 14.6. The maximum absolute atomic E-state index is 9.11. The van der Waals surface area contributed by atoms with Crippen LogP contribution in [0, 0.1) is 18.3 Å². The van der Waals surface area contributed by atoms with Crippen molar-refractivity contribution in [3.05, 3.63) is 29.3 Å². The minimum Gasteiger partial charge on any atom is -0.382 e. The van der Waals surface area contributed by atoms with Gasteiger partial charge in [0.2, 0.25) is 0 Å². The molecule has 0 radical (unpaired) electrons. The number of benzene rings is 1. The lowest BCUT2D eigenvalue weighted by molar-refractivity contribution is 0.594. The Kier molecular flexibility index (Phi) is 6.28. The number of rotatable bonds is 7. The van der Waals surface area contributed by atoms with E-state index in [2.05, 4.69) is 25.2 Å². The topological polar surface area (TPSA) is 35.8 Å². The zero-order valence-corrected chi connectivity index (χ0v) is 11.8. The first-order chi connectivity index (χ1) is 8.67. The van der Waals surface area contributed by atoms with Crippen molar-refractivity contribution in [1.82, 2.24) is 0 Å². The zero-order chi connectivity index (χ0) is 13.4. The summed E-state index contributed by atoms with van der Waals surface area (Å²) in [6.07, 6.45) is 6.33. The van der Waals surface area contributed by atoms with Gasteiger partial charge in [-0.25, -0.2) is 0 Å². The van der Waals surface area contributed by atoms with Gasteiger partial charge in [0, 0.05) is 6.04 Å². The Hall–Kier alpha value is -1.49. The van der Waals surface area contributed by atoms with Crippen molar-refractivity contribution < 1.29 is 0 Å². The fraction of sp³-hybridized carbons (Fsp3) is 0.562. The van der Waals surface area contributed by atoms with Crippen LogP contribution in [0.2, 0.25) is 0 Å². The van der Waals surface area contributed by atoms with Crippen molar-refractivity contribution in [2.24, 2.45) is 0 Å². The van der Waals surface area contributed by atoms with E-state index in [9.17, 15) is 0 Å². The third kappa shape index (κ3) is 4.79. The highest BCUT2D eigenvalue weighted by atomic mass is 14.9. The van der Waals surface area contributed by atoms with Crippen LogP contribution < -0.4 is 5.32 Å². The molecular formula is C16H24N2. The molecule has 1 aromatic carbocycles. The van der Waals surface area contributed by atoms with Gasteiger partial charge in [-0.3, -0.25) is 0 Å². The normalized spacial score (nSPS) is 11.9. The van der Waals surface area contributed by atoms with Crippen LogP contribution in [0.15, 0.2) is 18.2 Å². The molecule has 0 aliphatic rings. The second-order valence-corrected chi connectivity index (χ2v) is 5.06. The van der Waals surface area contributed by atoms with E-state index in [0.717, 1.165) is 16.8 Å². The zero-order valence-electron chi connectivity index (χ0n) is 11.8. The Morgan fingerprint density at radius 2 is 2.06 bits per heavy atom. The van der Waals surface area contributed by atoms with Crippen molar-refractivity contribution in [2.45, 2.75) is 58.9 Å². The summed E-state index contributed by atoms with van der Waals surface area (Å²) < 4.78 is 0. The molecule has 1 N–H and O–H groups in total. The number of anilines is 1. The average Bonchev–Trinajstić information content (AvgIpc) is 2.37. The maximum atomic E-state index is 9.11. The molecule has 98 valence electrons. The predicted octanol–water partition coefficient (Wildman–Crippen LogP) is 4.64. The van der Waals surface area contributed by atoms with Gasteiger partial charge < -0.3 is 5.32 Å². The summed E-state index contributed by atoms with van der Waals surface area (Å²) in [5.41, 5.74) is 2.84. The summed E-state index contributed by atoms with van der Waals surface area (Å²) in [7, 11) is 0. The molecule has 18 heavy (non-hydrogen) atoms. The van der Waals surface area contributed by atoms with Gasteiger partial charge in [-0.1, -0.05) is 38.7 Å². The fourth-order valence-corrected chi connectivity index (χ4v) is 2.09. The molecule has 0 saturated carbocycles. The van der Waals surface area contributed by atoms with E-state index in [4.69, 9.17) is 5.26 Å². The van der Waals surface area contributed by atoms with E-state index in [-0.39, 0.29) is 0 Å². The van der Waals surface area contributed by atoms with Gasteiger partial charge in [-0.2, -0.15) is 5.26 Å². The Bertz CT molecular complexity index is 404. The van der Waals surface area contributed by atoms with E-state index < -0.39 is 0 Å². The Morgan fingerprint density at radius 3 is 2.72 bits per heavy atom. The van der Waals surface area contributed by atoms with Gasteiger partial charge in [0.1, 0.15) is 6.07 Å². The van der Waals surface area contributed by atoms with Crippen LogP contribution in [0.1, 0.15) is 57.1 Å². The molecule has 0 saturated heterocycles. The highest BCUT2D eigenvalue weighted by Gasteiger charge is 2.06. The van der Waals surface area contributed by atoms with Crippen LogP contribution in [0.3, 0.4) is 0 Å². The first-order valence-electron chi connectivity index (χ1n) is 6.94. The van der Waals surface area contributed by atoms with Crippen molar-refractivity contribution in [3.63, 3.8) is 0 Å². The predicted molar refractivity (Wildman–Crippen MR) is 77.7 cm³/mol. The van der Waals surface area contributed by atoms with Crippen LogP contribution in [0.25, 0.3) is 0 Å². The van der Waals surface area contributed by atoms with Gasteiger partial charge in [0.25, 0.3) is 0 Å². The third-order valence-electron chi connectivity index (χ3n) is 3.19. The van der Waals surface area contributed by atoms with Crippen LogP contribution >= 0.6 is 0 Å². The van der Waals surface area contributed by atoms with Crippen molar-refractivity contribution >= 4 is 5.69 Å². The summed E-state index contributed by atoms with van der Waals surface area (Å²) in [6, 6.07) is 8.68. The number of nitrogens with zero attached hydrogens (tertiary/aromatic N) is 1. The molecule has 0 aliphatic heterocycles. The molecular weight excluding hydrogens is 220 g/mol. The third-order valence-corrected chi connectivity index (χ3v) is 3.19. The van der Waals surface area contributed by atoms with E-state index in [0.29, 0.717) is 6.04 Å². The molecule has 1 rings (SSSR count). The molecule has 1 atom stereocenters. The Balaban J connectivity index is 2.49. The largest absolute Gasteiger partial charge is 0.382 e. The molecule has 2 heteroatoms. The number of nitrogens with one attached hydrogen (secondary N) is 1. The molecule has 0 aliphatic carbocycles. The molecule has 0 amide bonds. The highest BCUT2D eigenvalue weighted by Crippen LogP contribution is 2.18. The van der Waals surface area contributed by atoms with Crippen LogP contribution in [-0.2, 0) is 0 Å². The minimum atomic E-state index is 0.427. The highest BCUT2D eigenvalue weighted by molar-refractivity contribution is 5.58. The molecule has 0 fully saturated rings. The molecule has 2 nitrogen and oxygen atoms in total. The molecule has 1 aromatic rings. The van der Waals surface area contributed by atoms with Gasteiger partial charge in [0.15, 0.2) is 0 Å². The van der Waals surface area contributed by atoms with Gasteiger partial charge in [0.05, 0.1) is 11.3 Å². The van der Waals surface area contributed by atoms with Crippen molar-refractivity contribution in [2.75, 3.05) is 5.32 Å². The Morgan fingerprint density at radius 1 is 1.28 bits per heavy atom. The lowest BCUT2D eigenvalue weighted by Gasteiger charge is -2.16. The maximum Gasteiger partial charge on any atom is 0.101 e. The smallest absolute Gasteiger partial charge is 0.101 e. The second kappa shape index (κ2) is 7.76. The van der Waals surface area contributed by atoms with Crippen LogP contribution in [0.4, 0.5) is 5.69 Å². The van der Waals surface area contributed by atoms with Crippen LogP contribution in [-0.4, -0.2) is 6.04 Å². The number of hydrogen-bond acceptors (Lipinski definition) is 2. The quantitative estimate of drug-likeness (QED) is 0.709. The molecule has 0 bridgehead atoms. The summed E-state index contributed by atoms with van der Waals surface area (Å²) >= 11 is 0. The SMILES string of the molecule is CCCCCCC(C)Nc1ccc(C)cc1C#N. The van der Waals surface area contributed by atoms with E-state index >= 15 is 0 Å². The molecule has 0 heterocycles. The standard InChI is InChI=1S/C16H24N2/c1-4-5-6-7-8-14(3)18-16-10-9-13(2)11-15(16)12-17/h9-11,14,18H,4-8H2,1-3H3. The number of aryl methyl sites for hydroxylation is 1. The minimum absolute atomic E-state index is 0.427. The lowest BCUT2D eigenvalue weighted by atomic mass is 10.1. The number of hydrogen-bond donors (Lipinski definition) is 1. The summed E-state index contributed by atoms with van der Waals surface area (Å²) in [4.78, 5) is 0. The number of nitriles is 1. The van der Waals surface area contributed by atoms with Gasteiger partial charge in [-0.05, 0) is 38.0 Å². The average molecular weight is 244 g/mol.